The molecule has 3 rings (SSSR count). The predicted molar refractivity (Wildman–Crippen MR) is 80.8 cm³/mol. The van der Waals surface area contributed by atoms with Gasteiger partial charge in [-0.15, -0.1) is 0 Å². The van der Waals surface area contributed by atoms with Gasteiger partial charge in [-0.05, 0) is 25.0 Å². The average molecular weight is 296 g/mol. The fourth-order valence-corrected chi connectivity index (χ4v) is 2.27. The molecule has 0 bridgehead atoms. The molecule has 0 spiro atoms. The molecule has 0 aromatic carbocycles. The summed E-state index contributed by atoms with van der Waals surface area (Å²) in [5.74, 6) is 0.461. The lowest BCUT2D eigenvalue weighted by Gasteiger charge is -2.11. The van der Waals surface area contributed by atoms with Crippen LogP contribution in [0.5, 0.6) is 0 Å². The number of hydrogen-bond donors (Lipinski definition) is 3. The zero-order valence-electron chi connectivity index (χ0n) is 12.7. The van der Waals surface area contributed by atoms with Crippen LogP contribution in [0, 0.1) is 0 Å². The first-order chi connectivity index (χ1) is 10.3. The number of rotatable bonds is 2. The molecular formula is C14H24N4O3. The van der Waals surface area contributed by atoms with Crippen molar-refractivity contribution in [2.75, 3.05) is 19.5 Å². The summed E-state index contributed by atoms with van der Waals surface area (Å²) in [6, 6.07) is 3.84. The number of nitrogens with zero attached hydrogens (tertiary/aromatic N) is 3. The summed E-state index contributed by atoms with van der Waals surface area (Å²) >= 11 is 0. The highest BCUT2D eigenvalue weighted by molar-refractivity contribution is 5.65. The van der Waals surface area contributed by atoms with E-state index < -0.39 is 0 Å². The largest absolute Gasteiger partial charge is 0.400 e. The molecule has 2 aromatic heterocycles. The van der Waals surface area contributed by atoms with Crippen LogP contribution in [0.1, 0.15) is 38.5 Å². The summed E-state index contributed by atoms with van der Waals surface area (Å²) in [5, 5.41) is 20.2. The van der Waals surface area contributed by atoms with Crippen LogP contribution in [0.3, 0.4) is 0 Å². The lowest BCUT2D eigenvalue weighted by molar-refractivity contribution is 0.00856. The van der Waals surface area contributed by atoms with Crippen LogP contribution < -0.4 is 5.73 Å². The standard InChI is InChI=1S/C11H14N4O2.C2H6.CH4O/c12-11-9-3-2-8(15(9)14-6-13-11)10-4-1-7(5-16)17-10;2*1-2/h2-3,6-7,10,16H,1,4-5H2,(H2,12,13,14);1-2H3;2H,1H3. The van der Waals surface area contributed by atoms with Gasteiger partial charge in [0.25, 0.3) is 0 Å². The first-order valence-corrected chi connectivity index (χ1v) is 7.08. The molecule has 2 atom stereocenters. The van der Waals surface area contributed by atoms with E-state index in [9.17, 15) is 0 Å². The van der Waals surface area contributed by atoms with Crippen LogP contribution in [-0.4, -0.2) is 44.6 Å². The van der Waals surface area contributed by atoms with Crippen molar-refractivity contribution in [3.8, 4) is 0 Å². The fourth-order valence-electron chi connectivity index (χ4n) is 2.27. The van der Waals surface area contributed by atoms with Crippen LogP contribution in [0.4, 0.5) is 5.82 Å². The Morgan fingerprint density at radius 2 is 2.05 bits per heavy atom. The van der Waals surface area contributed by atoms with Gasteiger partial charge in [-0.25, -0.2) is 9.50 Å². The van der Waals surface area contributed by atoms with Crippen molar-refractivity contribution in [1.82, 2.24) is 14.6 Å². The van der Waals surface area contributed by atoms with Crippen molar-refractivity contribution < 1.29 is 14.9 Å². The fraction of sp³-hybridized carbons (Fsp3) is 0.571. The van der Waals surface area contributed by atoms with E-state index in [1.807, 2.05) is 26.0 Å². The molecule has 0 radical (unpaired) electrons. The zero-order chi connectivity index (χ0) is 15.8. The van der Waals surface area contributed by atoms with Gasteiger partial charge in [-0.3, -0.25) is 0 Å². The van der Waals surface area contributed by atoms with E-state index in [1.165, 1.54) is 6.33 Å². The Morgan fingerprint density at radius 3 is 2.67 bits per heavy atom. The summed E-state index contributed by atoms with van der Waals surface area (Å²) < 4.78 is 7.49. The lowest BCUT2D eigenvalue weighted by Crippen LogP contribution is -2.12. The summed E-state index contributed by atoms with van der Waals surface area (Å²) in [5.41, 5.74) is 7.52. The molecule has 0 saturated carbocycles. The highest BCUT2D eigenvalue weighted by atomic mass is 16.5. The number of nitrogens with two attached hydrogens (primary N) is 1. The second-order valence-electron chi connectivity index (χ2n) is 4.21. The lowest BCUT2D eigenvalue weighted by atomic mass is 10.1. The van der Waals surface area contributed by atoms with Crippen molar-refractivity contribution in [2.24, 2.45) is 0 Å². The maximum Gasteiger partial charge on any atom is 0.151 e. The molecule has 118 valence electrons. The highest BCUT2D eigenvalue weighted by Crippen LogP contribution is 2.33. The van der Waals surface area contributed by atoms with E-state index in [0.29, 0.717) is 5.82 Å². The number of ether oxygens (including phenoxy) is 1. The quantitative estimate of drug-likeness (QED) is 0.768. The molecule has 1 aliphatic rings. The molecule has 2 unspecified atom stereocenters. The second-order valence-corrected chi connectivity index (χ2v) is 4.21. The van der Waals surface area contributed by atoms with Crippen molar-refractivity contribution in [2.45, 2.75) is 38.9 Å². The minimum absolute atomic E-state index is 0.0241. The first-order valence-electron chi connectivity index (χ1n) is 7.08. The molecular weight excluding hydrogens is 272 g/mol. The molecule has 1 fully saturated rings. The highest BCUT2D eigenvalue weighted by Gasteiger charge is 2.28. The summed E-state index contributed by atoms with van der Waals surface area (Å²) in [6.07, 6.45) is 3.11. The Kier molecular flexibility index (Phi) is 7.07. The van der Waals surface area contributed by atoms with Gasteiger partial charge in [-0.2, -0.15) is 5.10 Å². The van der Waals surface area contributed by atoms with Gasteiger partial charge in [0.2, 0.25) is 0 Å². The smallest absolute Gasteiger partial charge is 0.151 e. The van der Waals surface area contributed by atoms with E-state index >= 15 is 0 Å². The van der Waals surface area contributed by atoms with Crippen LogP contribution in [0.15, 0.2) is 18.5 Å². The third kappa shape index (κ3) is 3.69. The molecule has 3 heterocycles. The third-order valence-corrected chi connectivity index (χ3v) is 3.15. The topological polar surface area (TPSA) is 106 Å². The summed E-state index contributed by atoms with van der Waals surface area (Å²) in [4.78, 5) is 3.94. The van der Waals surface area contributed by atoms with E-state index in [4.69, 9.17) is 20.7 Å². The van der Waals surface area contributed by atoms with E-state index in [-0.39, 0.29) is 18.8 Å². The summed E-state index contributed by atoms with van der Waals surface area (Å²) in [7, 11) is 1.00. The number of anilines is 1. The van der Waals surface area contributed by atoms with Crippen molar-refractivity contribution in [1.29, 1.82) is 0 Å². The van der Waals surface area contributed by atoms with Gasteiger partial charge in [0.1, 0.15) is 17.9 Å². The SMILES string of the molecule is CC.CO.Nc1ncnn2c(C3CCC(CO)O3)ccc12. The van der Waals surface area contributed by atoms with Crippen molar-refractivity contribution in [3.63, 3.8) is 0 Å². The van der Waals surface area contributed by atoms with Gasteiger partial charge in [0.05, 0.1) is 18.4 Å². The Labute approximate surface area is 124 Å². The van der Waals surface area contributed by atoms with Crippen LogP contribution in [-0.2, 0) is 4.74 Å². The maximum absolute atomic E-state index is 9.06. The first kappa shape index (κ1) is 17.4. The molecule has 2 aromatic rings. The Bertz CT molecular complexity index is 544. The molecule has 7 heteroatoms. The van der Waals surface area contributed by atoms with E-state index in [2.05, 4.69) is 10.1 Å². The summed E-state index contributed by atoms with van der Waals surface area (Å²) in [6.45, 7) is 4.07. The molecule has 7 nitrogen and oxygen atoms in total. The number of fused-ring (bicyclic) bond motifs is 1. The van der Waals surface area contributed by atoms with Crippen LogP contribution >= 0.6 is 0 Å². The minimum atomic E-state index is -0.0651. The Balaban J connectivity index is 0.000000510. The number of hydrogen-bond acceptors (Lipinski definition) is 6. The Morgan fingerprint density at radius 1 is 1.33 bits per heavy atom. The number of aliphatic hydroxyl groups excluding tert-OH is 2. The zero-order valence-corrected chi connectivity index (χ0v) is 12.7. The molecule has 0 amide bonds. The van der Waals surface area contributed by atoms with E-state index in [0.717, 1.165) is 31.2 Å². The van der Waals surface area contributed by atoms with Crippen LogP contribution in [0.2, 0.25) is 0 Å². The molecule has 4 N–H and O–H groups in total. The Hall–Kier alpha value is -1.70. The van der Waals surface area contributed by atoms with Crippen LogP contribution in [0.25, 0.3) is 5.52 Å². The minimum Gasteiger partial charge on any atom is -0.400 e. The van der Waals surface area contributed by atoms with Gasteiger partial charge in [0, 0.05) is 7.11 Å². The number of nitrogen functional groups attached to an aromatic ring is 1. The van der Waals surface area contributed by atoms with Gasteiger partial charge in [-0.1, -0.05) is 13.8 Å². The molecule has 1 aliphatic heterocycles. The normalized spacial score (nSPS) is 20.4. The molecule has 21 heavy (non-hydrogen) atoms. The van der Waals surface area contributed by atoms with Crippen molar-refractivity contribution >= 4 is 11.3 Å². The number of aliphatic hydroxyl groups is 2. The molecule has 1 saturated heterocycles. The van der Waals surface area contributed by atoms with Gasteiger partial charge in [0.15, 0.2) is 5.82 Å². The average Bonchev–Trinajstić information content (AvgIpc) is 3.18. The number of aromatic nitrogens is 3. The van der Waals surface area contributed by atoms with E-state index in [1.54, 1.807) is 4.52 Å². The third-order valence-electron chi connectivity index (χ3n) is 3.15. The van der Waals surface area contributed by atoms with Crippen molar-refractivity contribution in [3.05, 3.63) is 24.2 Å². The van der Waals surface area contributed by atoms with Gasteiger partial charge >= 0.3 is 0 Å². The second kappa shape index (κ2) is 8.56. The maximum atomic E-state index is 9.06. The monoisotopic (exact) mass is 296 g/mol. The van der Waals surface area contributed by atoms with Gasteiger partial charge < -0.3 is 20.7 Å². The molecule has 0 aliphatic carbocycles. The predicted octanol–water partition coefficient (Wildman–Crippen LogP) is 1.16.